The molecule has 0 bridgehead atoms. The van der Waals surface area contributed by atoms with Crippen molar-refractivity contribution in [3.8, 4) is 11.3 Å². The van der Waals surface area contributed by atoms with Crippen LogP contribution >= 0.6 is 0 Å². The molecule has 2 aromatic heterocycles. The number of benzene rings is 1. The smallest absolute Gasteiger partial charge is 0.257 e. The highest BCUT2D eigenvalue weighted by Gasteiger charge is 2.45. The average molecular weight is 432 g/mol. The van der Waals surface area contributed by atoms with Gasteiger partial charge < -0.3 is 9.80 Å². The van der Waals surface area contributed by atoms with Crippen LogP contribution in [0.3, 0.4) is 0 Å². The van der Waals surface area contributed by atoms with Crippen molar-refractivity contribution < 1.29 is 9.18 Å². The predicted octanol–water partition coefficient (Wildman–Crippen LogP) is 3.95. The summed E-state index contributed by atoms with van der Waals surface area (Å²) in [7, 11) is 0. The SMILES string of the molecule is Cc1cccc(-c2cccc(F)c2C(=O)N2CCC3CN(c4nc(C)cc(C)n4)C3C2)n1. The van der Waals surface area contributed by atoms with E-state index in [0.717, 1.165) is 30.0 Å². The minimum absolute atomic E-state index is 0.0950. The van der Waals surface area contributed by atoms with E-state index in [1.54, 1.807) is 17.0 Å². The van der Waals surface area contributed by atoms with E-state index in [1.165, 1.54) is 6.07 Å². The van der Waals surface area contributed by atoms with Gasteiger partial charge >= 0.3 is 0 Å². The second-order valence-electron chi connectivity index (χ2n) is 8.80. The maximum absolute atomic E-state index is 15.0. The van der Waals surface area contributed by atoms with Crippen LogP contribution < -0.4 is 4.90 Å². The molecule has 4 heterocycles. The molecule has 2 saturated heterocycles. The monoisotopic (exact) mass is 431 g/mol. The van der Waals surface area contributed by atoms with Crippen LogP contribution in [0.2, 0.25) is 0 Å². The lowest BCUT2D eigenvalue weighted by Gasteiger charge is -2.53. The van der Waals surface area contributed by atoms with E-state index in [-0.39, 0.29) is 17.5 Å². The van der Waals surface area contributed by atoms with Gasteiger partial charge in [0, 0.05) is 48.2 Å². The van der Waals surface area contributed by atoms with E-state index in [9.17, 15) is 9.18 Å². The molecule has 0 aliphatic carbocycles. The molecular formula is C25H26FN5O. The van der Waals surface area contributed by atoms with E-state index >= 15 is 0 Å². The normalized spacial score (nSPS) is 20.0. The van der Waals surface area contributed by atoms with Crippen LogP contribution in [0.4, 0.5) is 10.3 Å². The van der Waals surface area contributed by atoms with Gasteiger partial charge in [0.15, 0.2) is 0 Å². The van der Waals surface area contributed by atoms with Gasteiger partial charge in [0.1, 0.15) is 5.82 Å². The average Bonchev–Trinajstić information content (AvgIpc) is 2.73. The zero-order chi connectivity index (χ0) is 22.4. The molecule has 164 valence electrons. The molecule has 0 radical (unpaired) electrons. The van der Waals surface area contributed by atoms with Crippen molar-refractivity contribution in [2.45, 2.75) is 33.2 Å². The van der Waals surface area contributed by atoms with Gasteiger partial charge in [-0.1, -0.05) is 18.2 Å². The van der Waals surface area contributed by atoms with Gasteiger partial charge in [0.05, 0.1) is 17.3 Å². The number of aromatic nitrogens is 3. The fourth-order valence-corrected chi connectivity index (χ4v) is 4.85. The molecule has 0 N–H and O–H groups in total. The van der Waals surface area contributed by atoms with Crippen LogP contribution in [-0.4, -0.2) is 51.4 Å². The van der Waals surface area contributed by atoms with E-state index in [2.05, 4.69) is 19.9 Å². The Morgan fingerprint density at radius 3 is 2.47 bits per heavy atom. The number of hydrogen-bond donors (Lipinski definition) is 0. The van der Waals surface area contributed by atoms with Crippen molar-refractivity contribution >= 4 is 11.9 Å². The van der Waals surface area contributed by atoms with Crippen LogP contribution in [0.15, 0.2) is 42.5 Å². The van der Waals surface area contributed by atoms with Crippen molar-refractivity contribution in [1.82, 2.24) is 19.9 Å². The Kier molecular flexibility index (Phi) is 5.12. The molecule has 2 fully saturated rings. The van der Waals surface area contributed by atoms with E-state index in [1.807, 2.05) is 45.0 Å². The molecule has 5 rings (SSSR count). The van der Waals surface area contributed by atoms with Gasteiger partial charge in [-0.05, 0) is 51.5 Å². The maximum atomic E-state index is 15.0. The van der Waals surface area contributed by atoms with Gasteiger partial charge in [0.2, 0.25) is 5.95 Å². The molecule has 0 spiro atoms. The first-order chi connectivity index (χ1) is 15.4. The lowest BCUT2D eigenvalue weighted by molar-refractivity contribution is 0.0585. The number of nitrogens with zero attached hydrogens (tertiary/aromatic N) is 5. The third kappa shape index (κ3) is 3.61. The summed E-state index contributed by atoms with van der Waals surface area (Å²) in [4.78, 5) is 31.2. The lowest BCUT2D eigenvalue weighted by Crippen LogP contribution is -2.65. The standard InChI is InChI=1S/C25H26FN5O/c1-15-6-4-9-21(27-15)19-7-5-8-20(26)23(19)24(32)30-11-10-18-13-31(22(18)14-30)25-28-16(2)12-17(3)29-25/h4-9,12,18,22H,10-11,13-14H2,1-3H3. The summed E-state index contributed by atoms with van der Waals surface area (Å²) in [5.74, 6) is 0.421. The van der Waals surface area contributed by atoms with Crippen LogP contribution in [0, 0.1) is 32.5 Å². The molecule has 2 aliphatic heterocycles. The van der Waals surface area contributed by atoms with Gasteiger partial charge in [-0.2, -0.15) is 0 Å². The number of hydrogen-bond acceptors (Lipinski definition) is 5. The predicted molar refractivity (Wildman–Crippen MR) is 121 cm³/mol. The molecule has 3 aromatic rings. The number of carbonyl (C=O) groups is 1. The maximum Gasteiger partial charge on any atom is 0.257 e. The number of carbonyl (C=O) groups excluding carboxylic acids is 1. The van der Waals surface area contributed by atoms with E-state index in [0.29, 0.717) is 36.2 Å². The topological polar surface area (TPSA) is 62.2 Å². The summed E-state index contributed by atoms with van der Waals surface area (Å²) in [5, 5.41) is 0. The summed E-state index contributed by atoms with van der Waals surface area (Å²) in [6.07, 6.45) is 0.893. The van der Waals surface area contributed by atoms with Crippen LogP contribution in [0.1, 0.15) is 33.9 Å². The first-order valence-electron chi connectivity index (χ1n) is 11.0. The van der Waals surface area contributed by atoms with Gasteiger partial charge in [-0.3, -0.25) is 9.78 Å². The van der Waals surface area contributed by atoms with Gasteiger partial charge in [0.25, 0.3) is 5.91 Å². The quantitative estimate of drug-likeness (QED) is 0.628. The molecule has 0 saturated carbocycles. The van der Waals surface area contributed by atoms with E-state index in [4.69, 9.17) is 0 Å². The fraction of sp³-hybridized carbons (Fsp3) is 0.360. The van der Waals surface area contributed by atoms with Crippen molar-refractivity contribution in [3.63, 3.8) is 0 Å². The Bertz CT molecular complexity index is 1180. The summed E-state index contributed by atoms with van der Waals surface area (Å²) in [6.45, 7) is 7.87. The van der Waals surface area contributed by atoms with Crippen molar-refractivity contribution in [2.75, 3.05) is 24.5 Å². The lowest BCUT2D eigenvalue weighted by atomic mass is 9.82. The Morgan fingerprint density at radius 1 is 0.969 bits per heavy atom. The third-order valence-corrected chi connectivity index (χ3v) is 6.46. The second kappa shape index (κ2) is 7.97. The number of anilines is 1. The zero-order valence-electron chi connectivity index (χ0n) is 18.5. The minimum atomic E-state index is -0.513. The summed E-state index contributed by atoms with van der Waals surface area (Å²) < 4.78 is 15.0. The molecule has 2 atom stereocenters. The highest BCUT2D eigenvalue weighted by atomic mass is 19.1. The number of rotatable bonds is 3. The highest BCUT2D eigenvalue weighted by molar-refractivity contribution is 6.01. The zero-order valence-corrected chi connectivity index (χ0v) is 18.5. The molecule has 1 aromatic carbocycles. The van der Waals surface area contributed by atoms with Crippen molar-refractivity contribution in [2.24, 2.45) is 5.92 Å². The number of halogens is 1. The minimum Gasteiger partial charge on any atom is -0.336 e. The first kappa shape index (κ1) is 20.5. The van der Waals surface area contributed by atoms with Crippen molar-refractivity contribution in [1.29, 1.82) is 0 Å². The van der Waals surface area contributed by atoms with E-state index < -0.39 is 5.82 Å². The Hall–Kier alpha value is -3.35. The van der Waals surface area contributed by atoms with Crippen LogP contribution in [0.25, 0.3) is 11.3 Å². The van der Waals surface area contributed by atoms with Gasteiger partial charge in [-0.15, -0.1) is 0 Å². The molecule has 1 amide bonds. The molecule has 2 aliphatic rings. The Balaban J connectivity index is 1.42. The fourth-order valence-electron chi connectivity index (χ4n) is 4.85. The molecule has 2 unspecified atom stereocenters. The molecular weight excluding hydrogens is 405 g/mol. The number of likely N-dealkylation sites (tertiary alicyclic amines) is 1. The number of pyridine rings is 1. The Labute approximate surface area is 187 Å². The number of amides is 1. The Morgan fingerprint density at radius 2 is 1.72 bits per heavy atom. The molecule has 6 nitrogen and oxygen atoms in total. The van der Waals surface area contributed by atoms with Crippen molar-refractivity contribution in [3.05, 3.63) is 70.9 Å². The summed E-state index contributed by atoms with van der Waals surface area (Å²) in [5.41, 5.74) is 3.92. The largest absolute Gasteiger partial charge is 0.336 e. The van der Waals surface area contributed by atoms with Crippen LogP contribution in [-0.2, 0) is 0 Å². The first-order valence-corrected chi connectivity index (χ1v) is 11.0. The molecule has 32 heavy (non-hydrogen) atoms. The molecule has 7 heteroatoms. The highest BCUT2D eigenvalue weighted by Crippen LogP contribution is 2.36. The second-order valence-corrected chi connectivity index (χ2v) is 8.80. The number of fused-ring (bicyclic) bond motifs is 1. The summed E-state index contributed by atoms with van der Waals surface area (Å²) >= 11 is 0. The third-order valence-electron chi connectivity index (χ3n) is 6.46. The van der Waals surface area contributed by atoms with Gasteiger partial charge in [-0.25, -0.2) is 14.4 Å². The number of aryl methyl sites for hydroxylation is 3. The van der Waals surface area contributed by atoms with Crippen LogP contribution in [0.5, 0.6) is 0 Å². The summed E-state index contributed by atoms with van der Waals surface area (Å²) in [6, 6.07) is 12.4. The number of piperidine rings is 1.